The number of carbonyl (C=O) groups is 2. The first kappa shape index (κ1) is 26.9. The predicted molar refractivity (Wildman–Crippen MR) is 137 cm³/mol. The van der Waals surface area contributed by atoms with Crippen LogP contribution in [0.4, 0.5) is 8.78 Å². The van der Waals surface area contributed by atoms with Gasteiger partial charge in [0.05, 0.1) is 24.8 Å². The molecule has 3 heterocycles. The fourth-order valence-corrected chi connectivity index (χ4v) is 5.79. The molecule has 9 nitrogen and oxygen atoms in total. The van der Waals surface area contributed by atoms with Crippen molar-refractivity contribution in [3.63, 3.8) is 0 Å². The Kier molecular flexibility index (Phi) is 7.76. The van der Waals surface area contributed by atoms with Crippen LogP contribution in [-0.2, 0) is 14.3 Å². The highest BCUT2D eigenvalue weighted by Gasteiger charge is 2.39. The van der Waals surface area contributed by atoms with Gasteiger partial charge in [-0.2, -0.15) is 0 Å². The number of oxazole rings is 1. The highest BCUT2D eigenvalue weighted by molar-refractivity contribution is 7.11. The maximum absolute atomic E-state index is 14.5. The van der Waals surface area contributed by atoms with Crippen molar-refractivity contribution in [1.82, 2.24) is 15.3 Å². The summed E-state index contributed by atoms with van der Waals surface area (Å²) in [5.74, 6) is -2.90. The summed E-state index contributed by atoms with van der Waals surface area (Å²) in [7, 11) is 2.52. The molecule has 1 N–H and O–H groups in total. The molecule has 1 saturated carbocycles. The Hall–Kier alpha value is -3.64. The van der Waals surface area contributed by atoms with Crippen LogP contribution in [0, 0.1) is 17.6 Å². The van der Waals surface area contributed by atoms with Crippen LogP contribution in [0.1, 0.15) is 64.6 Å². The molecular weight excluding hydrogens is 554 g/mol. The monoisotopic (exact) mass is 576 g/mol. The summed E-state index contributed by atoms with van der Waals surface area (Å²) < 4.78 is 43.7. The highest BCUT2D eigenvalue weighted by Crippen LogP contribution is 2.44. The molecule has 1 aliphatic carbocycles. The van der Waals surface area contributed by atoms with Gasteiger partial charge in [-0.25, -0.2) is 28.3 Å². The van der Waals surface area contributed by atoms with E-state index in [1.807, 2.05) is 0 Å². The minimum absolute atomic E-state index is 0.0334. The average Bonchev–Trinajstić information content (AvgIpc) is 3.68. The van der Waals surface area contributed by atoms with Crippen LogP contribution in [0.25, 0.3) is 0 Å². The number of hydrogen-bond acceptors (Lipinski definition) is 10. The SMILES string of the molecule is COC(=O)C1=C(C2CCC(c3nc(C(=O)OC)co3)CC2)NC(c2nccs2)=NC1c1ccc(F)c(F)c1Cl. The molecule has 1 unspecified atom stereocenters. The number of methoxy groups -OCH3 is 2. The van der Waals surface area contributed by atoms with Gasteiger partial charge in [-0.1, -0.05) is 17.7 Å². The number of halogens is 3. The summed E-state index contributed by atoms with van der Waals surface area (Å²) in [6.07, 6.45) is 5.48. The van der Waals surface area contributed by atoms with Gasteiger partial charge in [-0.3, -0.25) is 4.99 Å². The third kappa shape index (κ3) is 5.18. The Balaban J connectivity index is 1.51. The Bertz CT molecular complexity index is 1460. The van der Waals surface area contributed by atoms with Gasteiger partial charge >= 0.3 is 11.9 Å². The molecule has 39 heavy (non-hydrogen) atoms. The van der Waals surface area contributed by atoms with E-state index in [-0.39, 0.29) is 28.7 Å². The fourth-order valence-electron chi connectivity index (χ4n) is 4.95. The number of benzene rings is 1. The Morgan fingerprint density at radius 1 is 1.10 bits per heavy atom. The topological polar surface area (TPSA) is 116 Å². The summed E-state index contributed by atoms with van der Waals surface area (Å²) in [5.41, 5.74) is 0.967. The number of nitrogens with zero attached hydrogens (tertiary/aromatic N) is 3. The zero-order valence-electron chi connectivity index (χ0n) is 20.9. The van der Waals surface area contributed by atoms with Gasteiger partial charge in [0.2, 0.25) is 0 Å². The van der Waals surface area contributed by atoms with Gasteiger partial charge in [0.15, 0.2) is 34.1 Å². The third-order valence-corrected chi connectivity index (χ3v) is 8.04. The molecule has 2 aromatic heterocycles. The van der Waals surface area contributed by atoms with Crippen molar-refractivity contribution in [3.8, 4) is 0 Å². The molecule has 13 heteroatoms. The van der Waals surface area contributed by atoms with Gasteiger partial charge in [0, 0.05) is 28.8 Å². The molecule has 1 aromatic carbocycles. The van der Waals surface area contributed by atoms with E-state index in [1.165, 1.54) is 37.9 Å². The van der Waals surface area contributed by atoms with E-state index in [0.29, 0.717) is 48.1 Å². The van der Waals surface area contributed by atoms with Crippen molar-refractivity contribution in [2.45, 2.75) is 37.6 Å². The second kappa shape index (κ2) is 11.2. The number of aromatic nitrogens is 2. The van der Waals surface area contributed by atoms with E-state index < -0.39 is 34.6 Å². The normalized spacial score (nSPS) is 21.3. The van der Waals surface area contributed by atoms with Crippen LogP contribution in [-0.4, -0.2) is 42.0 Å². The molecule has 5 rings (SSSR count). The number of hydrogen-bond donors (Lipinski definition) is 1. The number of aliphatic imine (C=N–C) groups is 1. The third-order valence-electron chi connectivity index (χ3n) is 6.88. The molecule has 2 aliphatic rings. The molecule has 204 valence electrons. The maximum atomic E-state index is 14.5. The summed E-state index contributed by atoms with van der Waals surface area (Å²) >= 11 is 7.57. The van der Waals surface area contributed by atoms with Crippen LogP contribution in [0.3, 0.4) is 0 Å². The van der Waals surface area contributed by atoms with Crippen molar-refractivity contribution in [2.75, 3.05) is 14.2 Å². The lowest BCUT2D eigenvalue weighted by molar-refractivity contribution is -0.136. The Morgan fingerprint density at radius 3 is 2.49 bits per heavy atom. The van der Waals surface area contributed by atoms with Gasteiger partial charge in [0.1, 0.15) is 12.3 Å². The minimum Gasteiger partial charge on any atom is -0.466 e. The summed E-state index contributed by atoms with van der Waals surface area (Å²) in [6, 6.07) is 1.22. The molecule has 0 radical (unpaired) electrons. The van der Waals surface area contributed by atoms with E-state index >= 15 is 0 Å². The summed E-state index contributed by atoms with van der Waals surface area (Å²) in [5, 5.41) is 5.16. The van der Waals surface area contributed by atoms with E-state index in [0.717, 1.165) is 6.07 Å². The van der Waals surface area contributed by atoms with E-state index in [9.17, 15) is 18.4 Å². The lowest BCUT2D eigenvalue weighted by Gasteiger charge is -2.34. The first-order valence-corrected chi connectivity index (χ1v) is 13.3. The first-order chi connectivity index (χ1) is 18.8. The average molecular weight is 577 g/mol. The van der Waals surface area contributed by atoms with Crippen molar-refractivity contribution in [3.05, 3.63) is 80.1 Å². The number of allylic oxidation sites excluding steroid dienone is 1. The smallest absolute Gasteiger partial charge is 0.360 e. The molecule has 1 atom stereocenters. The molecule has 0 saturated heterocycles. The van der Waals surface area contributed by atoms with Crippen LogP contribution >= 0.6 is 22.9 Å². The molecule has 3 aromatic rings. The van der Waals surface area contributed by atoms with Crippen LogP contribution in [0.2, 0.25) is 5.02 Å². The van der Waals surface area contributed by atoms with Crippen LogP contribution in [0.15, 0.2) is 50.7 Å². The minimum atomic E-state index is -1.22. The van der Waals surface area contributed by atoms with Crippen molar-refractivity contribution in [2.24, 2.45) is 10.9 Å². The lowest BCUT2D eigenvalue weighted by Crippen LogP contribution is -2.37. The standard InChI is InChI=1S/C26H23ClF2N4O5S/c1-36-25(34)16-11-38-23(31-16)13-5-3-12(4-6-13)20-17(26(35)37-2)21(14-7-8-15(28)19(29)18(14)27)33-22(32-20)24-30-9-10-39-24/h7-13,21H,3-6H2,1-2H3,(H,32,33). The number of amidine groups is 1. The van der Waals surface area contributed by atoms with E-state index in [2.05, 4.69) is 20.3 Å². The number of rotatable bonds is 6. The number of ether oxygens (including phenoxy) is 2. The first-order valence-electron chi connectivity index (χ1n) is 12.1. The Labute approximate surface area is 230 Å². The summed E-state index contributed by atoms with van der Waals surface area (Å²) in [6.45, 7) is 0. The van der Waals surface area contributed by atoms with Gasteiger partial charge in [-0.05, 0) is 37.7 Å². The number of nitrogens with one attached hydrogen (secondary N) is 1. The lowest BCUT2D eigenvalue weighted by atomic mass is 9.78. The number of carbonyl (C=O) groups excluding carboxylic acids is 2. The van der Waals surface area contributed by atoms with E-state index in [4.69, 9.17) is 25.5 Å². The molecule has 1 fully saturated rings. The van der Waals surface area contributed by atoms with Gasteiger partial charge in [0.25, 0.3) is 0 Å². The number of esters is 2. The molecule has 0 bridgehead atoms. The van der Waals surface area contributed by atoms with Crippen molar-refractivity contribution in [1.29, 1.82) is 0 Å². The zero-order chi connectivity index (χ0) is 27.7. The second-order valence-electron chi connectivity index (χ2n) is 9.04. The quantitative estimate of drug-likeness (QED) is 0.309. The number of thiazole rings is 1. The van der Waals surface area contributed by atoms with Crippen molar-refractivity contribution >= 4 is 40.7 Å². The maximum Gasteiger partial charge on any atom is 0.360 e. The fraction of sp³-hybridized carbons (Fsp3) is 0.346. The second-order valence-corrected chi connectivity index (χ2v) is 10.3. The van der Waals surface area contributed by atoms with Gasteiger partial charge in [-0.15, -0.1) is 11.3 Å². The molecular formula is C26H23ClF2N4O5S. The largest absolute Gasteiger partial charge is 0.466 e. The zero-order valence-corrected chi connectivity index (χ0v) is 22.4. The van der Waals surface area contributed by atoms with Gasteiger partial charge < -0.3 is 19.2 Å². The molecule has 1 aliphatic heterocycles. The molecule has 0 amide bonds. The van der Waals surface area contributed by atoms with Crippen LogP contribution in [0.5, 0.6) is 0 Å². The van der Waals surface area contributed by atoms with Crippen molar-refractivity contribution < 1.29 is 32.3 Å². The Morgan fingerprint density at radius 2 is 1.82 bits per heavy atom. The van der Waals surface area contributed by atoms with Crippen LogP contribution < -0.4 is 5.32 Å². The highest BCUT2D eigenvalue weighted by atomic mass is 35.5. The molecule has 0 spiro atoms. The predicted octanol–water partition coefficient (Wildman–Crippen LogP) is 5.34. The van der Waals surface area contributed by atoms with E-state index in [1.54, 1.807) is 11.6 Å². The summed E-state index contributed by atoms with van der Waals surface area (Å²) in [4.78, 5) is 38.2.